The first kappa shape index (κ1) is 11.7. The molecule has 0 saturated carbocycles. The van der Waals surface area contributed by atoms with E-state index in [1.807, 2.05) is 18.2 Å². The van der Waals surface area contributed by atoms with Gasteiger partial charge in [-0.1, -0.05) is 0 Å². The highest BCUT2D eigenvalue weighted by Gasteiger charge is 2.42. The Balaban J connectivity index is 2.44. The summed E-state index contributed by atoms with van der Waals surface area (Å²) < 4.78 is 15.8. The molecule has 90 valence electrons. The minimum Gasteiger partial charge on any atom is -0.497 e. The Labute approximate surface area is 101 Å². The molecule has 0 bridgehead atoms. The molecule has 0 N–H and O–H groups in total. The maximum Gasteiger partial charge on any atom is 0.123 e. The van der Waals surface area contributed by atoms with Crippen LogP contribution < -0.4 is 9.47 Å². The van der Waals surface area contributed by atoms with Gasteiger partial charge in [-0.3, -0.25) is 0 Å². The van der Waals surface area contributed by atoms with E-state index in [4.69, 9.17) is 19.5 Å². The van der Waals surface area contributed by atoms with Gasteiger partial charge in [-0.2, -0.15) is 5.26 Å². The van der Waals surface area contributed by atoms with E-state index in [-0.39, 0.29) is 5.41 Å². The number of nitrogens with zero attached hydrogens (tertiary/aromatic N) is 1. The first-order chi connectivity index (χ1) is 8.25. The van der Waals surface area contributed by atoms with Crippen molar-refractivity contribution in [1.82, 2.24) is 0 Å². The van der Waals surface area contributed by atoms with E-state index in [0.717, 1.165) is 17.1 Å². The fourth-order valence-corrected chi connectivity index (χ4v) is 2.08. The fourth-order valence-electron chi connectivity index (χ4n) is 2.08. The second-order valence-electron chi connectivity index (χ2n) is 4.17. The van der Waals surface area contributed by atoms with Gasteiger partial charge in [0, 0.05) is 12.0 Å². The molecular formula is C13H15NO3. The molecule has 1 aliphatic heterocycles. The summed E-state index contributed by atoms with van der Waals surface area (Å²) in [5.74, 6) is 1.55. The van der Waals surface area contributed by atoms with Gasteiger partial charge in [-0.15, -0.1) is 0 Å². The molecule has 1 aromatic rings. The van der Waals surface area contributed by atoms with Crippen molar-refractivity contribution in [2.45, 2.75) is 11.8 Å². The Morgan fingerprint density at radius 1 is 1.35 bits per heavy atom. The Bertz CT molecular complexity index is 446. The molecule has 0 atom stereocenters. The third-order valence-corrected chi connectivity index (χ3v) is 3.15. The second-order valence-corrected chi connectivity index (χ2v) is 4.17. The van der Waals surface area contributed by atoms with Crippen LogP contribution >= 0.6 is 0 Å². The quantitative estimate of drug-likeness (QED) is 0.796. The highest BCUT2D eigenvalue weighted by molar-refractivity contribution is 5.46. The lowest BCUT2D eigenvalue weighted by Gasteiger charge is -2.40. The van der Waals surface area contributed by atoms with Gasteiger partial charge < -0.3 is 14.2 Å². The zero-order valence-corrected chi connectivity index (χ0v) is 10.0. The van der Waals surface area contributed by atoms with Gasteiger partial charge in [0.25, 0.3) is 0 Å². The summed E-state index contributed by atoms with van der Waals surface area (Å²) in [7, 11) is 3.25. The average Bonchev–Trinajstić information content (AvgIpc) is 2.33. The standard InChI is InChI=1S/C13H15NO3/c1-15-10-3-4-12(16-2)11(7-10)13(5-6-14)8-17-9-13/h3-4,7H,5,8-9H2,1-2H3. The number of hydrogen-bond donors (Lipinski definition) is 0. The van der Waals surface area contributed by atoms with Crippen LogP contribution in [0.5, 0.6) is 11.5 Å². The molecule has 1 fully saturated rings. The Kier molecular flexibility index (Phi) is 3.21. The topological polar surface area (TPSA) is 51.5 Å². The molecule has 0 radical (unpaired) electrons. The predicted octanol–water partition coefficient (Wildman–Crippen LogP) is 1.89. The molecule has 4 heteroatoms. The van der Waals surface area contributed by atoms with Gasteiger partial charge >= 0.3 is 0 Å². The van der Waals surface area contributed by atoms with E-state index in [1.54, 1.807) is 14.2 Å². The van der Waals surface area contributed by atoms with E-state index in [1.165, 1.54) is 0 Å². The van der Waals surface area contributed by atoms with Crippen LogP contribution in [-0.2, 0) is 10.2 Å². The molecule has 1 aliphatic rings. The zero-order valence-electron chi connectivity index (χ0n) is 10.0. The van der Waals surface area contributed by atoms with Crippen molar-refractivity contribution in [3.63, 3.8) is 0 Å². The summed E-state index contributed by atoms with van der Waals surface area (Å²) in [5.41, 5.74) is 0.751. The van der Waals surface area contributed by atoms with Crippen LogP contribution in [0.2, 0.25) is 0 Å². The van der Waals surface area contributed by atoms with Crippen LogP contribution in [0.1, 0.15) is 12.0 Å². The van der Waals surface area contributed by atoms with Crippen LogP contribution in [0.15, 0.2) is 18.2 Å². The SMILES string of the molecule is COc1ccc(OC)c(C2(CC#N)COC2)c1. The number of methoxy groups -OCH3 is 2. The largest absolute Gasteiger partial charge is 0.497 e. The summed E-state index contributed by atoms with van der Waals surface area (Å²) in [4.78, 5) is 0. The van der Waals surface area contributed by atoms with Crippen molar-refractivity contribution in [3.05, 3.63) is 23.8 Å². The van der Waals surface area contributed by atoms with Crippen LogP contribution in [0.3, 0.4) is 0 Å². The summed E-state index contributed by atoms with van der Waals surface area (Å²) >= 11 is 0. The van der Waals surface area contributed by atoms with Crippen LogP contribution in [-0.4, -0.2) is 27.4 Å². The summed E-state index contributed by atoms with van der Waals surface area (Å²) in [5, 5.41) is 8.94. The van der Waals surface area contributed by atoms with E-state index in [9.17, 15) is 0 Å². The monoisotopic (exact) mass is 233 g/mol. The predicted molar refractivity (Wildman–Crippen MR) is 62.3 cm³/mol. The van der Waals surface area contributed by atoms with Crippen LogP contribution in [0, 0.1) is 11.3 Å². The zero-order chi connectivity index (χ0) is 12.3. The summed E-state index contributed by atoms with van der Waals surface area (Å²) in [6, 6.07) is 7.87. The maximum absolute atomic E-state index is 8.94. The molecule has 0 aliphatic carbocycles. The number of nitriles is 1. The van der Waals surface area contributed by atoms with Crippen molar-refractivity contribution < 1.29 is 14.2 Å². The third kappa shape index (κ3) is 1.94. The minimum atomic E-state index is -0.241. The average molecular weight is 233 g/mol. The maximum atomic E-state index is 8.94. The molecule has 0 spiro atoms. The molecule has 0 unspecified atom stereocenters. The van der Waals surface area contributed by atoms with E-state index in [0.29, 0.717) is 19.6 Å². The van der Waals surface area contributed by atoms with Gasteiger partial charge in [0.15, 0.2) is 0 Å². The van der Waals surface area contributed by atoms with Crippen molar-refractivity contribution in [1.29, 1.82) is 5.26 Å². The van der Waals surface area contributed by atoms with Crippen molar-refractivity contribution in [3.8, 4) is 17.6 Å². The summed E-state index contributed by atoms with van der Waals surface area (Å²) in [6.07, 6.45) is 0.427. The fraction of sp³-hybridized carbons (Fsp3) is 0.462. The van der Waals surface area contributed by atoms with Crippen molar-refractivity contribution in [2.24, 2.45) is 0 Å². The molecular weight excluding hydrogens is 218 g/mol. The number of ether oxygens (including phenoxy) is 3. The molecule has 4 nitrogen and oxygen atoms in total. The molecule has 1 heterocycles. The van der Waals surface area contributed by atoms with Crippen LogP contribution in [0.25, 0.3) is 0 Å². The number of benzene rings is 1. The number of rotatable bonds is 4. The Morgan fingerprint density at radius 3 is 2.59 bits per heavy atom. The normalized spacial score (nSPS) is 16.8. The highest BCUT2D eigenvalue weighted by Crippen LogP contribution is 2.41. The lowest BCUT2D eigenvalue weighted by atomic mass is 9.75. The van der Waals surface area contributed by atoms with E-state index >= 15 is 0 Å². The highest BCUT2D eigenvalue weighted by atomic mass is 16.5. The second kappa shape index (κ2) is 4.64. The lowest BCUT2D eigenvalue weighted by molar-refractivity contribution is -0.0586. The molecule has 17 heavy (non-hydrogen) atoms. The van der Waals surface area contributed by atoms with E-state index < -0.39 is 0 Å². The summed E-state index contributed by atoms with van der Waals surface area (Å²) in [6.45, 7) is 1.12. The first-order valence-electron chi connectivity index (χ1n) is 5.43. The molecule has 0 amide bonds. The lowest BCUT2D eigenvalue weighted by Crippen LogP contribution is -2.46. The Morgan fingerprint density at radius 2 is 2.12 bits per heavy atom. The van der Waals surface area contributed by atoms with Crippen molar-refractivity contribution >= 4 is 0 Å². The molecule has 2 rings (SSSR count). The smallest absolute Gasteiger partial charge is 0.123 e. The van der Waals surface area contributed by atoms with Gasteiger partial charge in [0.1, 0.15) is 11.5 Å². The number of hydrogen-bond acceptors (Lipinski definition) is 4. The van der Waals surface area contributed by atoms with Gasteiger partial charge in [0.05, 0.1) is 38.9 Å². The van der Waals surface area contributed by atoms with E-state index in [2.05, 4.69) is 6.07 Å². The van der Waals surface area contributed by atoms with Gasteiger partial charge in [0.2, 0.25) is 0 Å². The Hall–Kier alpha value is -1.73. The molecule has 0 aromatic heterocycles. The van der Waals surface area contributed by atoms with Gasteiger partial charge in [-0.05, 0) is 18.2 Å². The van der Waals surface area contributed by atoms with Gasteiger partial charge in [-0.25, -0.2) is 0 Å². The molecule has 1 aromatic carbocycles. The van der Waals surface area contributed by atoms with Crippen molar-refractivity contribution in [2.75, 3.05) is 27.4 Å². The minimum absolute atomic E-state index is 0.241. The van der Waals surface area contributed by atoms with Crippen LogP contribution in [0.4, 0.5) is 0 Å². The third-order valence-electron chi connectivity index (χ3n) is 3.15. The first-order valence-corrected chi connectivity index (χ1v) is 5.43. The molecule has 1 saturated heterocycles.